The molecule has 1 aromatic heterocycles. The molecule has 0 saturated heterocycles. The van der Waals surface area contributed by atoms with Crippen LogP contribution in [0.2, 0.25) is 0 Å². The second kappa shape index (κ2) is 33.6. The Morgan fingerprint density at radius 1 is 0.393 bits per heavy atom. The molecule has 566 valence electrons. The van der Waals surface area contributed by atoms with Gasteiger partial charge in [0.2, 0.25) is 29.5 Å². The molecule has 5 amide bonds. The minimum atomic E-state index is -0.0806. The second-order valence-electron chi connectivity index (χ2n) is 35.3. The molecule has 3 aliphatic heterocycles. The Labute approximate surface area is 639 Å². The maximum absolute atomic E-state index is 12.5. The summed E-state index contributed by atoms with van der Waals surface area (Å²) < 4.78 is 2.09. The zero-order valence-corrected chi connectivity index (χ0v) is 68.1. The van der Waals surface area contributed by atoms with Crippen molar-refractivity contribution < 1.29 is 24.0 Å². The molecule has 4 heterocycles. The molecular formula is C94H120N8O5. The summed E-state index contributed by atoms with van der Waals surface area (Å²) in [6.07, 6.45) is 8.08. The van der Waals surface area contributed by atoms with Gasteiger partial charge in [0.05, 0.1) is 5.52 Å². The van der Waals surface area contributed by atoms with E-state index in [1.807, 2.05) is 49.5 Å². The van der Waals surface area contributed by atoms with Crippen LogP contribution in [0.3, 0.4) is 0 Å². The van der Waals surface area contributed by atoms with Gasteiger partial charge in [-0.2, -0.15) is 0 Å². The van der Waals surface area contributed by atoms with Gasteiger partial charge < -0.3 is 40.5 Å². The predicted octanol–water partition coefficient (Wildman–Crippen LogP) is 20.4. The van der Waals surface area contributed by atoms with Crippen LogP contribution in [0.5, 0.6) is 0 Å². The van der Waals surface area contributed by atoms with Crippen LogP contribution in [0, 0.1) is 6.92 Å². The first-order valence-corrected chi connectivity index (χ1v) is 38.4. The van der Waals surface area contributed by atoms with E-state index in [4.69, 9.17) is 0 Å². The maximum Gasteiger partial charge on any atom is 0.224 e. The lowest BCUT2D eigenvalue weighted by Gasteiger charge is -2.19. The molecule has 0 aliphatic carbocycles. The summed E-state index contributed by atoms with van der Waals surface area (Å²) in [6, 6.07) is 58.8. The Bertz CT molecular complexity index is 4610. The van der Waals surface area contributed by atoms with E-state index >= 15 is 0 Å². The van der Waals surface area contributed by atoms with Gasteiger partial charge >= 0.3 is 0 Å². The highest BCUT2D eigenvalue weighted by Crippen LogP contribution is 2.43. The van der Waals surface area contributed by atoms with Gasteiger partial charge in [-0.15, -0.1) is 0 Å². The lowest BCUT2D eigenvalue weighted by atomic mass is 9.86. The molecule has 12 rings (SSSR count). The van der Waals surface area contributed by atoms with Crippen LogP contribution in [-0.4, -0.2) is 67.8 Å². The summed E-state index contributed by atoms with van der Waals surface area (Å²) in [6.45, 7) is 41.7. The highest BCUT2D eigenvalue weighted by Gasteiger charge is 2.37. The fraction of sp³-hybridized carbons (Fsp3) is 0.415. The first-order chi connectivity index (χ1) is 50.1. The number of nitrogens with zero attached hydrogens (tertiary/aromatic N) is 4. The van der Waals surface area contributed by atoms with E-state index in [9.17, 15) is 24.0 Å². The smallest absolute Gasteiger partial charge is 0.224 e. The molecule has 9 aromatic rings. The van der Waals surface area contributed by atoms with Crippen molar-refractivity contribution in [2.75, 3.05) is 69.7 Å². The van der Waals surface area contributed by atoms with Gasteiger partial charge in [-0.25, -0.2) is 0 Å². The number of aromatic nitrogens is 1. The van der Waals surface area contributed by atoms with E-state index in [2.05, 4.69) is 301 Å². The minimum Gasteiger partial charge on any atom is -0.374 e. The molecule has 0 atom stereocenters. The van der Waals surface area contributed by atoms with E-state index < -0.39 is 0 Å². The molecule has 3 aliphatic rings. The number of hydrogen-bond acceptors (Lipinski definition) is 7. The van der Waals surface area contributed by atoms with Gasteiger partial charge in [0.1, 0.15) is 0 Å². The first kappa shape index (κ1) is 81.3. The number of nitrogens with one attached hydrogen (secondary N) is 4. The van der Waals surface area contributed by atoms with Crippen molar-refractivity contribution in [2.24, 2.45) is 7.05 Å². The van der Waals surface area contributed by atoms with Crippen molar-refractivity contribution in [3.8, 4) is 0 Å². The number of benzene rings is 8. The van der Waals surface area contributed by atoms with Gasteiger partial charge in [0, 0.05) is 136 Å². The van der Waals surface area contributed by atoms with Gasteiger partial charge in [-0.3, -0.25) is 24.0 Å². The molecule has 0 radical (unpaired) electrons. The predicted molar refractivity (Wildman–Crippen MR) is 450 cm³/mol. The summed E-state index contributed by atoms with van der Waals surface area (Å²) in [4.78, 5) is 67.8. The number of hydrogen-bond donors (Lipinski definition) is 4. The van der Waals surface area contributed by atoms with Crippen molar-refractivity contribution in [3.63, 3.8) is 0 Å². The molecule has 0 bridgehead atoms. The van der Waals surface area contributed by atoms with E-state index in [0.717, 1.165) is 83.9 Å². The summed E-state index contributed by atoms with van der Waals surface area (Å²) in [5.41, 5.74) is 23.7. The average Bonchev–Trinajstić information content (AvgIpc) is 1.62. The normalized spacial score (nSPS) is 14.1. The fourth-order valence-corrected chi connectivity index (χ4v) is 14.4. The topological polar surface area (TPSA) is 148 Å². The lowest BCUT2D eigenvalue weighted by Crippen LogP contribution is -2.32. The third kappa shape index (κ3) is 22.0. The molecule has 13 heteroatoms. The highest BCUT2D eigenvalue weighted by molar-refractivity contribution is 5.98. The first-order valence-electron chi connectivity index (χ1n) is 38.4. The van der Waals surface area contributed by atoms with Crippen molar-refractivity contribution in [1.29, 1.82) is 0 Å². The summed E-state index contributed by atoms with van der Waals surface area (Å²) in [5.74, 6) is 0.195. The summed E-state index contributed by atoms with van der Waals surface area (Å²) in [7, 11) is 6.24. The number of rotatable bonds is 16. The van der Waals surface area contributed by atoms with Crippen LogP contribution in [0.15, 0.2) is 176 Å². The highest BCUT2D eigenvalue weighted by atomic mass is 16.2. The Hall–Kier alpha value is -9.75. The number of amides is 5. The Morgan fingerprint density at radius 2 is 0.720 bits per heavy atom. The zero-order valence-electron chi connectivity index (χ0n) is 68.1. The van der Waals surface area contributed by atoms with Crippen LogP contribution in [0.25, 0.3) is 10.9 Å². The van der Waals surface area contributed by atoms with Crippen molar-refractivity contribution in [2.45, 2.75) is 215 Å². The van der Waals surface area contributed by atoms with Crippen molar-refractivity contribution >= 4 is 80.3 Å². The summed E-state index contributed by atoms with van der Waals surface area (Å²) >= 11 is 0. The van der Waals surface area contributed by atoms with E-state index in [0.29, 0.717) is 38.6 Å². The Morgan fingerprint density at radius 3 is 1.09 bits per heavy atom. The number of fused-ring (bicyclic) bond motifs is 4. The van der Waals surface area contributed by atoms with E-state index in [-0.39, 0.29) is 62.0 Å². The number of carbonyl (C=O) groups excluding carboxylic acids is 5. The Kier molecular flexibility index (Phi) is 25.5. The van der Waals surface area contributed by atoms with Crippen LogP contribution >= 0.6 is 0 Å². The van der Waals surface area contributed by atoms with E-state index in [1.54, 1.807) is 11.8 Å². The monoisotopic (exact) mass is 1440 g/mol. The van der Waals surface area contributed by atoms with Crippen molar-refractivity contribution in [3.05, 3.63) is 243 Å². The molecule has 0 unspecified atom stereocenters. The SMILES string of the molecule is CC(=O)N1CC(C)(C)c2ccc(NC(=O)CCc3ccc(C(C)(C)C)cc3)cc21.CN1CC(C)(C)c2ccc(NC(=O)CCc3ccc(C(C)(C)C)cc3)cc21.CN1CCc2ccc(NC(=O)CCc3ccc(C(C)(C)C)cc3)cc21.Cc1cn(C)c2cc(NC(=O)CCc3ccc(C(C)(C)C)cc3)ccc12. The molecule has 107 heavy (non-hydrogen) atoms. The third-order valence-electron chi connectivity index (χ3n) is 21.1. The van der Waals surface area contributed by atoms with Crippen LogP contribution < -0.4 is 36.0 Å². The van der Waals surface area contributed by atoms with Gasteiger partial charge in [-0.05, 0) is 176 Å². The number of anilines is 7. The molecule has 0 fully saturated rings. The number of aryl methyl sites for hydroxylation is 6. The number of carbonyl (C=O) groups is 5. The second-order valence-corrected chi connectivity index (χ2v) is 35.3. The van der Waals surface area contributed by atoms with Crippen LogP contribution in [0.4, 0.5) is 39.8 Å². The van der Waals surface area contributed by atoms with Crippen LogP contribution in [-0.2, 0) is 95.6 Å². The molecular weight excluding hydrogens is 1320 g/mol. The molecule has 0 saturated carbocycles. The molecule has 0 spiro atoms. The van der Waals surface area contributed by atoms with Crippen molar-refractivity contribution in [1.82, 2.24) is 4.57 Å². The van der Waals surface area contributed by atoms with E-state index in [1.165, 1.54) is 72.4 Å². The standard InChI is InChI=1S/C25H32N2O2.C24H32N2O.C23H28N2O.C22H28N2O/c1-17(28)27-16-25(5,6)21-13-12-20(15-22(21)27)26-23(29)14-9-18-7-10-19(11-8-18)24(2,3)4;1-23(2,3)18-10-7-17(8-11-18)9-14-22(27)25-19-12-13-20-21(15-19)26(6)16-24(20,4)5;1-16-15-25(5)21-14-19(11-12-20(16)21)24-22(26)13-8-17-6-9-18(10-7-17)23(2,3)4;1-22(2,3)18-9-5-16(6-10-18)7-12-21(25)23-19-11-8-17-13-14-24(4)20(17)15-19/h7-8,10-13,15H,9,14,16H2,1-6H3,(H,26,29);7-8,10-13,15H,9,14,16H2,1-6H3,(H,25,27);6-7,9-12,14-15H,8,13H2,1-5H3,(H,24,26);5-6,8-11,15H,7,12-14H2,1-4H3,(H,23,25). The maximum atomic E-state index is 12.5. The molecule has 4 N–H and O–H groups in total. The van der Waals surface area contributed by atoms with Gasteiger partial charge in [0.25, 0.3) is 0 Å². The number of likely N-dealkylation sites (N-methyl/N-ethyl adjacent to an activating group) is 2. The quantitative estimate of drug-likeness (QED) is 0.0753. The zero-order chi connectivity index (χ0) is 78.1. The van der Waals surface area contributed by atoms with Gasteiger partial charge in [-0.1, -0.05) is 232 Å². The Balaban J connectivity index is 0.000000165. The third-order valence-corrected chi connectivity index (χ3v) is 21.1. The largest absolute Gasteiger partial charge is 0.374 e. The van der Waals surface area contributed by atoms with Gasteiger partial charge in [0.15, 0.2) is 0 Å². The molecule has 13 nitrogen and oxygen atoms in total. The fourth-order valence-electron chi connectivity index (χ4n) is 14.4. The minimum absolute atomic E-state index is 0.0171. The molecule has 8 aromatic carbocycles. The lowest BCUT2D eigenvalue weighted by molar-refractivity contribution is -0.117. The van der Waals surface area contributed by atoms with Crippen LogP contribution in [0.1, 0.15) is 210 Å². The average molecular weight is 1440 g/mol. The summed E-state index contributed by atoms with van der Waals surface area (Å²) in [5, 5.41) is 13.3.